The van der Waals surface area contributed by atoms with Crippen LogP contribution in [0.1, 0.15) is 11.1 Å². The average Bonchev–Trinajstić information content (AvgIpc) is 2.32. The van der Waals surface area contributed by atoms with Crippen molar-refractivity contribution in [3.8, 4) is 0 Å². The molecule has 0 aliphatic rings. The van der Waals surface area contributed by atoms with Crippen LogP contribution >= 0.6 is 24.8 Å². The lowest BCUT2D eigenvalue weighted by Gasteiger charge is -2.03. The number of anilines is 2. The van der Waals surface area contributed by atoms with Gasteiger partial charge in [-0.2, -0.15) is 0 Å². The smallest absolute Gasteiger partial charge is 0.0621 e. The lowest BCUT2D eigenvalue weighted by molar-refractivity contribution is 1.62. The zero-order chi connectivity index (χ0) is 11.4. The molecule has 0 unspecified atom stereocenters. The van der Waals surface area contributed by atoms with Crippen molar-refractivity contribution in [1.82, 2.24) is 0 Å². The third-order valence-electron chi connectivity index (χ3n) is 2.43. The number of para-hydroxylation sites is 1. The van der Waals surface area contributed by atoms with Gasteiger partial charge in [-0.3, -0.25) is 0 Å². The molecule has 0 heterocycles. The van der Waals surface area contributed by atoms with E-state index in [0.717, 1.165) is 11.1 Å². The highest BCUT2D eigenvalue weighted by Gasteiger charge is 1.97. The van der Waals surface area contributed by atoms with Crippen LogP contribution in [0, 0.1) is 0 Å². The zero-order valence-electron chi connectivity index (χ0n) is 9.74. The molecule has 2 aromatic rings. The zero-order valence-corrected chi connectivity index (χ0v) is 11.4. The Hall–Kier alpha value is -1.64. The predicted octanol–water partition coefficient (Wildman–Crippen LogP) is 3.87. The molecule has 0 bridgehead atoms. The van der Waals surface area contributed by atoms with Gasteiger partial charge in [-0.1, -0.05) is 54.6 Å². The highest BCUT2D eigenvalue weighted by Crippen LogP contribution is 2.21. The summed E-state index contributed by atoms with van der Waals surface area (Å²) < 4.78 is 0. The molecule has 0 atom stereocenters. The number of benzene rings is 2. The Morgan fingerprint density at radius 1 is 0.722 bits per heavy atom. The summed E-state index contributed by atoms with van der Waals surface area (Å²) in [6, 6.07) is 15.7. The van der Waals surface area contributed by atoms with Crippen LogP contribution in [0.2, 0.25) is 0 Å². The van der Waals surface area contributed by atoms with Gasteiger partial charge < -0.3 is 11.5 Å². The number of nitrogens with two attached hydrogens (primary N) is 2. The first kappa shape index (κ1) is 16.4. The van der Waals surface area contributed by atoms with Crippen LogP contribution in [0.5, 0.6) is 0 Å². The van der Waals surface area contributed by atoms with Crippen molar-refractivity contribution >= 4 is 48.3 Å². The molecule has 0 amide bonds. The van der Waals surface area contributed by atoms with E-state index in [1.54, 1.807) is 6.07 Å². The minimum atomic E-state index is 0. The van der Waals surface area contributed by atoms with Crippen molar-refractivity contribution in [2.24, 2.45) is 0 Å². The van der Waals surface area contributed by atoms with Crippen molar-refractivity contribution in [1.29, 1.82) is 0 Å². The van der Waals surface area contributed by atoms with Gasteiger partial charge in [-0.15, -0.1) is 24.8 Å². The summed E-state index contributed by atoms with van der Waals surface area (Å²) in [7, 11) is 0. The van der Waals surface area contributed by atoms with Crippen LogP contribution in [0.3, 0.4) is 0 Å². The summed E-state index contributed by atoms with van der Waals surface area (Å²) in [5, 5.41) is 0. The average molecular weight is 283 g/mol. The second kappa shape index (κ2) is 7.64. The van der Waals surface area contributed by atoms with Crippen LogP contribution in [0.15, 0.2) is 48.5 Å². The second-order valence-corrected chi connectivity index (χ2v) is 3.59. The lowest BCUT2D eigenvalue weighted by Crippen LogP contribution is -1.96. The molecule has 96 valence electrons. The van der Waals surface area contributed by atoms with Crippen LogP contribution in [0.25, 0.3) is 12.2 Å². The van der Waals surface area contributed by atoms with Crippen molar-refractivity contribution in [3.63, 3.8) is 0 Å². The normalized spacial score (nSPS) is 9.56. The summed E-state index contributed by atoms with van der Waals surface area (Å²) in [6.07, 6.45) is 3.99. The number of hydrogen-bond donors (Lipinski definition) is 2. The molecule has 0 aliphatic heterocycles. The molecule has 0 saturated carbocycles. The Balaban J connectivity index is 0.00000144. The number of hydrogen-bond acceptors (Lipinski definition) is 2. The molecular formula is C14H16Cl2N2. The number of halogens is 2. The third-order valence-corrected chi connectivity index (χ3v) is 2.43. The first-order valence-electron chi connectivity index (χ1n) is 5.14. The van der Waals surface area contributed by atoms with Gasteiger partial charge in [0.1, 0.15) is 0 Å². The number of rotatable bonds is 2. The summed E-state index contributed by atoms with van der Waals surface area (Å²) in [5.41, 5.74) is 14.9. The van der Waals surface area contributed by atoms with Gasteiger partial charge in [0.15, 0.2) is 0 Å². The van der Waals surface area contributed by atoms with E-state index < -0.39 is 0 Å². The highest BCUT2D eigenvalue weighted by molar-refractivity contribution is 5.85. The first-order chi connectivity index (χ1) is 7.77. The molecule has 2 aromatic carbocycles. The number of nitrogen functional groups attached to an aromatic ring is 2. The minimum Gasteiger partial charge on any atom is -0.397 e. The molecular weight excluding hydrogens is 267 g/mol. The minimum absolute atomic E-state index is 0. The predicted molar refractivity (Wildman–Crippen MR) is 85.1 cm³/mol. The van der Waals surface area contributed by atoms with Gasteiger partial charge in [-0.05, 0) is 17.2 Å². The van der Waals surface area contributed by atoms with E-state index in [4.69, 9.17) is 11.5 Å². The maximum atomic E-state index is 5.87. The summed E-state index contributed by atoms with van der Waals surface area (Å²) in [4.78, 5) is 0. The molecule has 0 aliphatic carbocycles. The van der Waals surface area contributed by atoms with Crippen LogP contribution in [-0.4, -0.2) is 0 Å². The maximum absolute atomic E-state index is 5.87. The summed E-state index contributed by atoms with van der Waals surface area (Å²) >= 11 is 0. The molecule has 2 rings (SSSR count). The Labute approximate surface area is 120 Å². The quantitative estimate of drug-likeness (QED) is 0.649. The Kier molecular flexibility index (Phi) is 6.94. The van der Waals surface area contributed by atoms with Crippen LogP contribution in [0.4, 0.5) is 11.4 Å². The first-order valence-corrected chi connectivity index (χ1v) is 5.14. The fraction of sp³-hybridized carbons (Fsp3) is 0. The van der Waals surface area contributed by atoms with E-state index >= 15 is 0 Å². The summed E-state index contributed by atoms with van der Waals surface area (Å²) in [6.45, 7) is 0. The lowest BCUT2D eigenvalue weighted by atomic mass is 10.1. The largest absolute Gasteiger partial charge is 0.397 e. The van der Waals surface area contributed by atoms with E-state index in [-0.39, 0.29) is 24.8 Å². The van der Waals surface area contributed by atoms with Gasteiger partial charge in [-0.25, -0.2) is 0 Å². The summed E-state index contributed by atoms with van der Waals surface area (Å²) in [5.74, 6) is 0. The Bertz CT molecular complexity index is 510. The van der Waals surface area contributed by atoms with Crippen LogP contribution in [-0.2, 0) is 0 Å². The van der Waals surface area contributed by atoms with Gasteiger partial charge in [0.25, 0.3) is 0 Å². The SMILES string of the molecule is Cl.Cl.Nc1cccc(/C=C/c2ccccc2)c1N. The molecule has 4 N–H and O–H groups in total. The monoisotopic (exact) mass is 282 g/mol. The Morgan fingerprint density at radius 2 is 1.39 bits per heavy atom. The highest BCUT2D eigenvalue weighted by atomic mass is 35.5. The van der Waals surface area contributed by atoms with E-state index in [2.05, 4.69) is 0 Å². The molecule has 0 spiro atoms. The van der Waals surface area contributed by atoms with E-state index in [0.29, 0.717) is 11.4 Å². The van der Waals surface area contributed by atoms with E-state index in [1.807, 2.05) is 54.6 Å². The fourth-order valence-electron chi connectivity index (χ4n) is 1.50. The van der Waals surface area contributed by atoms with Crippen molar-refractivity contribution < 1.29 is 0 Å². The molecule has 4 heteroatoms. The van der Waals surface area contributed by atoms with Gasteiger partial charge in [0, 0.05) is 0 Å². The van der Waals surface area contributed by atoms with E-state index in [9.17, 15) is 0 Å². The molecule has 18 heavy (non-hydrogen) atoms. The fourth-order valence-corrected chi connectivity index (χ4v) is 1.50. The van der Waals surface area contributed by atoms with Crippen LogP contribution < -0.4 is 11.5 Å². The molecule has 0 saturated heterocycles. The second-order valence-electron chi connectivity index (χ2n) is 3.59. The topological polar surface area (TPSA) is 52.0 Å². The maximum Gasteiger partial charge on any atom is 0.0621 e. The standard InChI is InChI=1S/C14H14N2.2ClH/c15-13-8-4-7-12(14(13)16)10-9-11-5-2-1-3-6-11;;/h1-10H,15-16H2;2*1H/b10-9+;;. The van der Waals surface area contributed by atoms with Crippen molar-refractivity contribution in [3.05, 3.63) is 59.7 Å². The molecule has 0 fully saturated rings. The van der Waals surface area contributed by atoms with Gasteiger partial charge in [0.05, 0.1) is 11.4 Å². The van der Waals surface area contributed by atoms with Gasteiger partial charge in [0.2, 0.25) is 0 Å². The molecule has 2 nitrogen and oxygen atoms in total. The van der Waals surface area contributed by atoms with Crippen molar-refractivity contribution in [2.75, 3.05) is 11.5 Å². The third kappa shape index (κ3) is 3.99. The van der Waals surface area contributed by atoms with Crippen molar-refractivity contribution in [2.45, 2.75) is 0 Å². The van der Waals surface area contributed by atoms with E-state index in [1.165, 1.54) is 0 Å². The molecule has 0 radical (unpaired) electrons. The molecule has 0 aromatic heterocycles. The Morgan fingerprint density at radius 3 is 2.06 bits per heavy atom. The van der Waals surface area contributed by atoms with Gasteiger partial charge >= 0.3 is 0 Å².